The molecule has 2 aliphatic rings. The fourth-order valence-corrected chi connectivity index (χ4v) is 4.08. The average Bonchev–Trinajstić information content (AvgIpc) is 3.23. The summed E-state index contributed by atoms with van der Waals surface area (Å²) in [5, 5.41) is 7.57. The molecular formula is C21H27ClN4O. The highest BCUT2D eigenvalue weighted by atomic mass is 35.5. The van der Waals surface area contributed by atoms with Gasteiger partial charge in [-0.1, -0.05) is 36.9 Å². The molecule has 0 spiro atoms. The number of ether oxygens (including phenoxy) is 1. The molecule has 0 radical (unpaired) electrons. The second-order valence-corrected chi connectivity index (χ2v) is 7.86. The third kappa shape index (κ3) is 4.90. The lowest BCUT2D eigenvalue weighted by Crippen LogP contribution is -2.22. The molecule has 0 aromatic carbocycles. The first-order chi connectivity index (χ1) is 13.3. The van der Waals surface area contributed by atoms with Crippen molar-refractivity contribution in [1.29, 1.82) is 0 Å². The van der Waals surface area contributed by atoms with E-state index in [4.69, 9.17) is 21.3 Å². The summed E-state index contributed by atoms with van der Waals surface area (Å²) in [7, 11) is 0. The summed E-state index contributed by atoms with van der Waals surface area (Å²) in [6.07, 6.45) is 10.6. The van der Waals surface area contributed by atoms with Gasteiger partial charge >= 0.3 is 0 Å². The van der Waals surface area contributed by atoms with Crippen molar-refractivity contribution in [3.63, 3.8) is 0 Å². The summed E-state index contributed by atoms with van der Waals surface area (Å²) in [5.41, 5.74) is 1.76. The van der Waals surface area contributed by atoms with Crippen LogP contribution in [-0.4, -0.2) is 35.3 Å². The Balaban J connectivity index is 1.47. The molecule has 27 heavy (non-hydrogen) atoms. The maximum absolute atomic E-state index is 6.44. The van der Waals surface area contributed by atoms with Crippen LogP contribution in [0.15, 0.2) is 30.5 Å². The van der Waals surface area contributed by atoms with E-state index in [9.17, 15) is 0 Å². The first-order valence-corrected chi connectivity index (χ1v) is 10.4. The minimum absolute atomic E-state index is 0.284. The highest BCUT2D eigenvalue weighted by Gasteiger charge is 2.16. The van der Waals surface area contributed by atoms with Crippen LogP contribution in [0.5, 0.6) is 0 Å². The minimum Gasteiger partial charge on any atom is -0.376 e. The van der Waals surface area contributed by atoms with E-state index in [0.29, 0.717) is 11.1 Å². The van der Waals surface area contributed by atoms with Crippen molar-refractivity contribution < 1.29 is 4.74 Å². The largest absolute Gasteiger partial charge is 0.376 e. The summed E-state index contributed by atoms with van der Waals surface area (Å²) in [5.74, 6) is 1.72. The van der Waals surface area contributed by atoms with Crippen LogP contribution in [0, 0.1) is 0 Å². The fraction of sp³-hybridized carbons (Fsp3) is 0.524. The lowest BCUT2D eigenvalue weighted by atomic mass is 9.95. The predicted molar refractivity (Wildman–Crippen MR) is 110 cm³/mol. The van der Waals surface area contributed by atoms with Crippen molar-refractivity contribution in [1.82, 2.24) is 9.97 Å². The lowest BCUT2D eigenvalue weighted by molar-refractivity contribution is 0.120. The third-order valence-electron chi connectivity index (χ3n) is 5.37. The summed E-state index contributed by atoms with van der Waals surface area (Å²) >= 11 is 6.44. The van der Waals surface area contributed by atoms with Gasteiger partial charge in [-0.15, -0.1) is 0 Å². The molecule has 6 heteroatoms. The molecular weight excluding hydrogens is 360 g/mol. The molecule has 1 unspecified atom stereocenters. The molecule has 0 amide bonds. The highest BCUT2D eigenvalue weighted by molar-refractivity contribution is 6.33. The Morgan fingerprint density at radius 3 is 2.78 bits per heavy atom. The molecule has 144 valence electrons. The highest BCUT2D eigenvalue weighted by Crippen LogP contribution is 2.30. The number of hydrogen-bond acceptors (Lipinski definition) is 5. The summed E-state index contributed by atoms with van der Waals surface area (Å²) in [4.78, 5) is 9.21. The van der Waals surface area contributed by atoms with Crippen LogP contribution < -0.4 is 10.6 Å². The van der Waals surface area contributed by atoms with E-state index >= 15 is 0 Å². The minimum atomic E-state index is 0.284. The topological polar surface area (TPSA) is 59.1 Å². The Hall–Kier alpha value is -1.85. The second-order valence-electron chi connectivity index (χ2n) is 7.45. The van der Waals surface area contributed by atoms with Crippen molar-refractivity contribution in [2.24, 2.45) is 0 Å². The van der Waals surface area contributed by atoms with Gasteiger partial charge in [0.25, 0.3) is 0 Å². The number of rotatable bonds is 6. The normalized spacial score (nSPS) is 20.6. The van der Waals surface area contributed by atoms with Crippen molar-refractivity contribution in [2.45, 2.75) is 57.1 Å². The van der Waals surface area contributed by atoms with Crippen molar-refractivity contribution in [3.05, 3.63) is 35.5 Å². The molecule has 1 saturated carbocycles. The van der Waals surface area contributed by atoms with E-state index < -0.39 is 0 Å². The smallest absolute Gasteiger partial charge is 0.126 e. The van der Waals surface area contributed by atoms with Gasteiger partial charge in [0.15, 0.2) is 0 Å². The number of hydrogen-bond donors (Lipinski definition) is 2. The third-order valence-corrected chi connectivity index (χ3v) is 5.67. The van der Waals surface area contributed by atoms with E-state index in [1.165, 1.54) is 32.1 Å². The van der Waals surface area contributed by atoms with E-state index in [2.05, 4.69) is 15.6 Å². The SMILES string of the molecule is Clc1cnc(NC2CCCCC2)cc1-c1cccc(NCC2CCCO2)n1. The van der Waals surface area contributed by atoms with Crippen LogP contribution in [0.25, 0.3) is 11.3 Å². The molecule has 2 fully saturated rings. The molecule has 0 bridgehead atoms. The van der Waals surface area contributed by atoms with Gasteiger partial charge in [-0.2, -0.15) is 0 Å². The summed E-state index contributed by atoms with van der Waals surface area (Å²) < 4.78 is 5.67. The molecule has 2 aromatic heterocycles. The van der Waals surface area contributed by atoms with Crippen LogP contribution >= 0.6 is 11.6 Å². The van der Waals surface area contributed by atoms with Gasteiger partial charge in [0.05, 0.1) is 16.8 Å². The molecule has 3 heterocycles. The zero-order valence-electron chi connectivity index (χ0n) is 15.6. The number of aromatic nitrogens is 2. The van der Waals surface area contributed by atoms with Crippen molar-refractivity contribution in [2.75, 3.05) is 23.8 Å². The van der Waals surface area contributed by atoms with Gasteiger partial charge in [-0.25, -0.2) is 9.97 Å². The van der Waals surface area contributed by atoms with E-state index in [1.54, 1.807) is 6.20 Å². The van der Waals surface area contributed by atoms with Gasteiger partial charge in [0, 0.05) is 31.0 Å². The predicted octanol–water partition coefficient (Wildman–Crippen LogP) is 5.13. The molecule has 1 aliphatic heterocycles. The monoisotopic (exact) mass is 386 g/mol. The molecule has 1 aliphatic carbocycles. The quantitative estimate of drug-likeness (QED) is 0.720. The zero-order valence-corrected chi connectivity index (χ0v) is 16.3. The van der Waals surface area contributed by atoms with Crippen LogP contribution in [0.3, 0.4) is 0 Å². The average molecular weight is 387 g/mol. The number of pyridine rings is 2. The Bertz CT molecular complexity index is 758. The van der Waals surface area contributed by atoms with E-state index in [-0.39, 0.29) is 6.10 Å². The lowest BCUT2D eigenvalue weighted by Gasteiger charge is -2.23. The Labute approximate surface area is 165 Å². The van der Waals surface area contributed by atoms with Crippen LogP contribution in [0.2, 0.25) is 5.02 Å². The Morgan fingerprint density at radius 2 is 1.96 bits per heavy atom. The molecule has 5 nitrogen and oxygen atoms in total. The maximum atomic E-state index is 6.44. The van der Waals surface area contributed by atoms with Gasteiger partial charge in [0.1, 0.15) is 11.6 Å². The van der Waals surface area contributed by atoms with E-state index in [1.807, 2.05) is 24.3 Å². The zero-order chi connectivity index (χ0) is 18.5. The van der Waals surface area contributed by atoms with Crippen molar-refractivity contribution in [3.8, 4) is 11.3 Å². The van der Waals surface area contributed by atoms with Gasteiger partial charge in [-0.3, -0.25) is 0 Å². The number of anilines is 2. The van der Waals surface area contributed by atoms with Crippen molar-refractivity contribution >= 4 is 23.2 Å². The van der Waals surface area contributed by atoms with Crippen LogP contribution in [-0.2, 0) is 4.74 Å². The van der Waals surface area contributed by atoms with Gasteiger partial charge in [0.2, 0.25) is 0 Å². The maximum Gasteiger partial charge on any atom is 0.126 e. The summed E-state index contributed by atoms with van der Waals surface area (Å²) in [6.45, 7) is 1.65. The van der Waals surface area contributed by atoms with Gasteiger partial charge < -0.3 is 15.4 Å². The standard InChI is InChI=1S/C21H27ClN4O/c22-18-14-24-21(25-15-6-2-1-3-7-15)12-17(18)19-9-4-10-20(26-19)23-13-16-8-5-11-27-16/h4,9-10,12,14-16H,1-3,5-8,11,13H2,(H,23,26)(H,24,25). The Morgan fingerprint density at radius 1 is 1.07 bits per heavy atom. The number of halogens is 1. The van der Waals surface area contributed by atoms with Crippen LogP contribution in [0.4, 0.5) is 11.6 Å². The molecule has 1 saturated heterocycles. The first-order valence-electron chi connectivity index (χ1n) is 10.0. The first kappa shape index (κ1) is 18.5. The molecule has 4 rings (SSSR count). The van der Waals surface area contributed by atoms with E-state index in [0.717, 1.165) is 48.9 Å². The Kier molecular flexibility index (Phi) is 6.10. The summed E-state index contributed by atoms with van der Waals surface area (Å²) in [6, 6.07) is 8.50. The molecule has 2 N–H and O–H groups in total. The van der Waals surface area contributed by atoms with Crippen LogP contribution in [0.1, 0.15) is 44.9 Å². The molecule has 1 atom stereocenters. The number of nitrogens with one attached hydrogen (secondary N) is 2. The van der Waals surface area contributed by atoms with Gasteiger partial charge in [-0.05, 0) is 43.9 Å². The fourth-order valence-electron chi connectivity index (χ4n) is 3.88. The number of nitrogens with zero attached hydrogens (tertiary/aromatic N) is 2. The second kappa shape index (κ2) is 8.89. The molecule has 2 aromatic rings.